The van der Waals surface area contributed by atoms with E-state index in [1.807, 2.05) is 0 Å². The van der Waals surface area contributed by atoms with E-state index in [9.17, 15) is 14.9 Å². The summed E-state index contributed by atoms with van der Waals surface area (Å²) in [6.45, 7) is 3.50. The minimum absolute atomic E-state index is 0.0679. The molecule has 0 fully saturated rings. The molecule has 1 atom stereocenters. The number of nitriles is 1. The molecule has 1 heterocycles. The number of hydrogen-bond donors (Lipinski definition) is 1. The fraction of sp³-hybridized carbons (Fsp3) is 0.167. The summed E-state index contributed by atoms with van der Waals surface area (Å²) in [5, 5.41) is 14.7. The maximum atomic E-state index is 13.4. The number of rotatable bonds is 8. The van der Waals surface area contributed by atoms with E-state index >= 15 is 0 Å². The molecule has 0 aliphatic carbocycles. The second-order valence-corrected chi connectivity index (χ2v) is 7.22. The topological polar surface area (TPSA) is 105 Å². The lowest BCUT2D eigenvalue weighted by Gasteiger charge is -2.25. The van der Waals surface area contributed by atoms with Gasteiger partial charge in [0.15, 0.2) is 11.2 Å². The first-order valence-corrected chi connectivity index (χ1v) is 10.1. The maximum Gasteiger partial charge on any atom is 0.354 e. The molecule has 7 nitrogen and oxygen atoms in total. The van der Waals surface area contributed by atoms with Crippen LogP contribution in [0.5, 0.6) is 0 Å². The third-order valence-corrected chi connectivity index (χ3v) is 5.02. The Morgan fingerprint density at radius 1 is 1.12 bits per heavy atom. The first-order valence-electron chi connectivity index (χ1n) is 9.76. The predicted molar refractivity (Wildman–Crippen MR) is 121 cm³/mol. The van der Waals surface area contributed by atoms with Gasteiger partial charge in [0.25, 0.3) is 0 Å². The highest BCUT2D eigenvalue weighted by Crippen LogP contribution is 2.36. The third kappa shape index (κ3) is 4.56. The zero-order valence-electron chi connectivity index (χ0n) is 17.5. The SMILES string of the molecule is CCOC(=O)/C(C)=N/Nc1ccc(C(C#N)(C(=O)c2ccco2)c2ccc(Cl)cc2)cc1. The highest BCUT2D eigenvalue weighted by atomic mass is 35.5. The van der Waals surface area contributed by atoms with Gasteiger partial charge >= 0.3 is 5.97 Å². The van der Waals surface area contributed by atoms with E-state index < -0.39 is 17.2 Å². The Bertz CT molecular complexity index is 1160. The molecule has 0 saturated heterocycles. The number of anilines is 1. The number of nitrogens with one attached hydrogen (secondary N) is 1. The van der Waals surface area contributed by atoms with Gasteiger partial charge in [-0.05, 0) is 61.4 Å². The average molecular weight is 450 g/mol. The molecule has 3 rings (SSSR count). The number of hydrazone groups is 1. The highest BCUT2D eigenvalue weighted by molar-refractivity contribution is 6.35. The summed E-state index contributed by atoms with van der Waals surface area (Å²) in [7, 11) is 0. The number of halogens is 1. The highest BCUT2D eigenvalue weighted by Gasteiger charge is 2.44. The lowest BCUT2D eigenvalue weighted by Crippen LogP contribution is -2.35. The molecular weight excluding hydrogens is 430 g/mol. The van der Waals surface area contributed by atoms with Crippen LogP contribution in [-0.2, 0) is 14.9 Å². The summed E-state index contributed by atoms with van der Waals surface area (Å²) in [4.78, 5) is 25.1. The van der Waals surface area contributed by atoms with Crippen molar-refractivity contribution in [2.75, 3.05) is 12.0 Å². The Kier molecular flexibility index (Phi) is 7.08. The first kappa shape index (κ1) is 22.8. The molecule has 0 saturated carbocycles. The van der Waals surface area contributed by atoms with Crippen LogP contribution in [0.15, 0.2) is 76.4 Å². The smallest absolute Gasteiger partial charge is 0.354 e. The number of benzene rings is 2. The van der Waals surface area contributed by atoms with Crippen LogP contribution in [0, 0.1) is 11.3 Å². The van der Waals surface area contributed by atoms with E-state index in [-0.39, 0.29) is 18.1 Å². The van der Waals surface area contributed by atoms with Crippen LogP contribution in [0.3, 0.4) is 0 Å². The quantitative estimate of drug-likeness (QED) is 0.225. The Labute approximate surface area is 190 Å². The van der Waals surface area contributed by atoms with Crippen LogP contribution in [0.2, 0.25) is 5.02 Å². The number of carbonyl (C=O) groups excluding carboxylic acids is 2. The van der Waals surface area contributed by atoms with Gasteiger partial charge < -0.3 is 9.15 Å². The van der Waals surface area contributed by atoms with Crippen LogP contribution < -0.4 is 5.43 Å². The number of ketones is 1. The Hall–Kier alpha value is -3.89. The Morgan fingerprint density at radius 2 is 1.75 bits per heavy atom. The van der Waals surface area contributed by atoms with Crippen molar-refractivity contribution < 1.29 is 18.7 Å². The molecule has 0 radical (unpaired) electrons. The molecule has 0 aliphatic heterocycles. The van der Waals surface area contributed by atoms with E-state index in [1.54, 1.807) is 61.5 Å². The van der Waals surface area contributed by atoms with Crippen molar-refractivity contribution >= 4 is 34.8 Å². The number of ether oxygens (including phenoxy) is 1. The van der Waals surface area contributed by atoms with Gasteiger partial charge in [-0.2, -0.15) is 10.4 Å². The molecule has 1 N–H and O–H groups in total. The normalized spacial score (nSPS) is 13.0. The summed E-state index contributed by atoms with van der Waals surface area (Å²) in [5.74, 6) is -0.950. The van der Waals surface area contributed by atoms with E-state index in [0.717, 1.165) is 0 Å². The van der Waals surface area contributed by atoms with Gasteiger partial charge in [0.1, 0.15) is 5.71 Å². The zero-order valence-corrected chi connectivity index (χ0v) is 18.2. The van der Waals surface area contributed by atoms with Crippen molar-refractivity contribution in [1.29, 1.82) is 5.26 Å². The molecule has 2 aromatic carbocycles. The van der Waals surface area contributed by atoms with Gasteiger partial charge in [-0.1, -0.05) is 35.9 Å². The van der Waals surface area contributed by atoms with Gasteiger partial charge in [0.2, 0.25) is 5.78 Å². The Morgan fingerprint density at radius 3 is 2.28 bits per heavy atom. The summed E-state index contributed by atoms with van der Waals surface area (Å²) in [5.41, 5.74) is 2.75. The fourth-order valence-corrected chi connectivity index (χ4v) is 3.25. The molecule has 8 heteroatoms. The molecule has 0 spiro atoms. The number of hydrogen-bond acceptors (Lipinski definition) is 7. The second-order valence-electron chi connectivity index (χ2n) is 6.78. The standard InChI is InChI=1S/C24H20ClN3O4/c1-3-31-23(30)16(2)27-28-20-12-8-18(9-13-20)24(15-26,17-6-10-19(25)11-7-17)22(29)21-5-4-14-32-21/h4-14,28H,3H2,1-2H3/b27-16+. The monoisotopic (exact) mass is 449 g/mol. The van der Waals surface area contributed by atoms with Crippen LogP contribution in [-0.4, -0.2) is 24.1 Å². The third-order valence-electron chi connectivity index (χ3n) is 4.77. The molecular formula is C24H20ClN3O4. The molecule has 3 aromatic rings. The van der Waals surface area contributed by atoms with Gasteiger partial charge in [0, 0.05) is 5.02 Å². The fourth-order valence-electron chi connectivity index (χ4n) is 3.13. The summed E-state index contributed by atoms with van der Waals surface area (Å²) < 4.78 is 10.2. The summed E-state index contributed by atoms with van der Waals surface area (Å²) >= 11 is 6.01. The summed E-state index contributed by atoms with van der Waals surface area (Å²) in [6, 6.07) is 18.5. The van der Waals surface area contributed by atoms with Gasteiger partial charge in [-0.15, -0.1) is 0 Å². The first-order chi connectivity index (χ1) is 15.4. The van der Waals surface area contributed by atoms with Crippen molar-refractivity contribution in [3.63, 3.8) is 0 Å². The van der Waals surface area contributed by atoms with Crippen molar-refractivity contribution in [1.82, 2.24) is 0 Å². The van der Waals surface area contributed by atoms with Crippen molar-refractivity contribution in [2.45, 2.75) is 19.3 Å². The molecule has 0 amide bonds. The zero-order chi connectivity index (χ0) is 23.1. The van der Waals surface area contributed by atoms with Crippen LogP contribution in [0.4, 0.5) is 5.69 Å². The molecule has 162 valence electrons. The molecule has 1 aromatic heterocycles. The molecule has 32 heavy (non-hydrogen) atoms. The average Bonchev–Trinajstić information content (AvgIpc) is 3.35. The number of furan rings is 1. The molecule has 0 aliphatic rings. The van der Waals surface area contributed by atoms with Gasteiger partial charge in [-0.25, -0.2) is 4.79 Å². The van der Waals surface area contributed by atoms with E-state index in [2.05, 4.69) is 16.6 Å². The number of esters is 1. The van der Waals surface area contributed by atoms with Crippen LogP contribution in [0.1, 0.15) is 35.5 Å². The largest absolute Gasteiger partial charge is 0.461 e. The van der Waals surface area contributed by atoms with E-state index in [0.29, 0.717) is 21.8 Å². The molecule has 1 unspecified atom stereocenters. The van der Waals surface area contributed by atoms with E-state index in [1.165, 1.54) is 19.3 Å². The second kappa shape index (κ2) is 9.94. The number of Topliss-reactive ketones (excluding diaryl/α,β-unsaturated/α-hetero) is 1. The van der Waals surface area contributed by atoms with Crippen molar-refractivity contribution in [2.24, 2.45) is 5.10 Å². The minimum atomic E-state index is -1.65. The maximum absolute atomic E-state index is 13.4. The van der Waals surface area contributed by atoms with E-state index in [4.69, 9.17) is 20.8 Å². The lowest BCUT2D eigenvalue weighted by molar-refractivity contribution is -0.135. The van der Waals surface area contributed by atoms with Crippen LogP contribution in [0.25, 0.3) is 0 Å². The minimum Gasteiger partial charge on any atom is -0.461 e. The molecule has 0 bridgehead atoms. The van der Waals surface area contributed by atoms with Crippen molar-refractivity contribution in [3.05, 3.63) is 88.8 Å². The van der Waals surface area contributed by atoms with Gasteiger partial charge in [-0.3, -0.25) is 10.2 Å². The van der Waals surface area contributed by atoms with Crippen molar-refractivity contribution in [3.8, 4) is 6.07 Å². The predicted octanol–water partition coefficient (Wildman–Crippen LogP) is 4.98. The summed E-state index contributed by atoms with van der Waals surface area (Å²) in [6.07, 6.45) is 1.38. The van der Waals surface area contributed by atoms with Crippen LogP contribution >= 0.6 is 11.6 Å². The number of carbonyl (C=O) groups is 2. The number of nitrogens with zero attached hydrogens (tertiary/aromatic N) is 2. The lowest BCUT2D eigenvalue weighted by atomic mass is 9.71. The van der Waals surface area contributed by atoms with Gasteiger partial charge in [0.05, 0.1) is 24.6 Å². The Balaban J connectivity index is 2.00.